The first-order valence-corrected chi connectivity index (χ1v) is 5.50. The van der Waals surface area contributed by atoms with Gasteiger partial charge in [-0.05, 0) is 5.56 Å². The smallest absolute Gasteiger partial charge is 0.196 e. The summed E-state index contributed by atoms with van der Waals surface area (Å²) in [6, 6.07) is 10.2. The van der Waals surface area contributed by atoms with Gasteiger partial charge in [0.2, 0.25) is 0 Å². The molecule has 2 aromatic heterocycles. The lowest BCUT2D eigenvalue weighted by atomic mass is 10.2. The largest absolute Gasteiger partial charge is 0.382 e. The molecule has 1 aromatic carbocycles. The molecule has 4 heteroatoms. The summed E-state index contributed by atoms with van der Waals surface area (Å²) in [6.07, 6.45) is 1.86. The number of hydrogen-bond acceptors (Lipinski definition) is 3. The summed E-state index contributed by atoms with van der Waals surface area (Å²) in [5.41, 5.74) is 7.98. The third kappa shape index (κ3) is 1.30. The van der Waals surface area contributed by atoms with E-state index in [1.165, 1.54) is 5.56 Å². The maximum atomic E-state index is 5.66. The molecular formula is C11H9N3S. The van der Waals surface area contributed by atoms with Crippen molar-refractivity contribution in [1.82, 2.24) is 9.38 Å². The minimum absolute atomic E-state index is 0.569. The fraction of sp³-hybridized carbons (Fsp3) is 0. The van der Waals surface area contributed by atoms with Gasteiger partial charge in [-0.3, -0.25) is 4.40 Å². The highest BCUT2D eigenvalue weighted by Gasteiger charge is 2.07. The molecule has 3 rings (SSSR count). The van der Waals surface area contributed by atoms with Gasteiger partial charge < -0.3 is 5.73 Å². The monoisotopic (exact) mass is 215 g/mol. The Balaban J connectivity index is 2.27. The van der Waals surface area contributed by atoms with Crippen LogP contribution in [0.3, 0.4) is 0 Å². The number of benzene rings is 1. The average molecular weight is 215 g/mol. The van der Waals surface area contributed by atoms with Crippen LogP contribution in [-0.2, 0) is 0 Å². The van der Waals surface area contributed by atoms with Crippen LogP contribution in [0.4, 0.5) is 5.82 Å². The van der Waals surface area contributed by atoms with Gasteiger partial charge in [0.15, 0.2) is 4.96 Å². The van der Waals surface area contributed by atoms with Crippen LogP contribution in [0.25, 0.3) is 16.2 Å². The van der Waals surface area contributed by atoms with Crippen molar-refractivity contribution < 1.29 is 0 Å². The lowest BCUT2D eigenvalue weighted by Gasteiger charge is -1.97. The van der Waals surface area contributed by atoms with Gasteiger partial charge in [0.25, 0.3) is 0 Å². The van der Waals surface area contributed by atoms with Gasteiger partial charge in [-0.15, -0.1) is 11.3 Å². The molecule has 2 N–H and O–H groups in total. The number of nitrogens with zero attached hydrogens (tertiary/aromatic N) is 2. The van der Waals surface area contributed by atoms with Crippen molar-refractivity contribution in [1.29, 1.82) is 0 Å². The second-order valence-electron chi connectivity index (χ2n) is 3.31. The molecule has 3 aromatic rings. The van der Waals surface area contributed by atoms with E-state index < -0.39 is 0 Å². The van der Waals surface area contributed by atoms with E-state index >= 15 is 0 Å². The zero-order chi connectivity index (χ0) is 10.3. The van der Waals surface area contributed by atoms with E-state index in [1.54, 1.807) is 11.3 Å². The van der Waals surface area contributed by atoms with E-state index in [-0.39, 0.29) is 0 Å². The van der Waals surface area contributed by atoms with Crippen molar-refractivity contribution in [3.05, 3.63) is 41.9 Å². The topological polar surface area (TPSA) is 43.3 Å². The lowest BCUT2D eigenvalue weighted by molar-refractivity contribution is 1.24. The Morgan fingerprint density at radius 2 is 2.00 bits per heavy atom. The first-order chi connectivity index (χ1) is 7.34. The minimum Gasteiger partial charge on any atom is -0.382 e. The molecule has 74 valence electrons. The lowest BCUT2D eigenvalue weighted by Crippen LogP contribution is -1.84. The van der Waals surface area contributed by atoms with Gasteiger partial charge in [0, 0.05) is 5.38 Å². The van der Waals surface area contributed by atoms with Gasteiger partial charge >= 0.3 is 0 Å². The Hall–Kier alpha value is -1.81. The number of thiazole rings is 1. The van der Waals surface area contributed by atoms with Gasteiger partial charge in [-0.2, -0.15) is 0 Å². The number of anilines is 1. The molecule has 0 fully saturated rings. The molecule has 2 heterocycles. The quantitative estimate of drug-likeness (QED) is 0.678. The number of fused-ring (bicyclic) bond motifs is 1. The first-order valence-electron chi connectivity index (χ1n) is 4.62. The van der Waals surface area contributed by atoms with Crippen LogP contribution in [0, 0.1) is 0 Å². The van der Waals surface area contributed by atoms with E-state index in [0.29, 0.717) is 5.82 Å². The molecule has 0 aliphatic heterocycles. The molecule has 0 aliphatic rings. The summed E-state index contributed by atoms with van der Waals surface area (Å²) in [6.45, 7) is 0. The van der Waals surface area contributed by atoms with Gasteiger partial charge in [-0.25, -0.2) is 4.98 Å². The molecule has 0 saturated carbocycles. The van der Waals surface area contributed by atoms with Crippen LogP contribution in [0.5, 0.6) is 0 Å². The number of nitrogens with two attached hydrogens (primary N) is 1. The summed E-state index contributed by atoms with van der Waals surface area (Å²) in [7, 11) is 0. The van der Waals surface area contributed by atoms with Crippen LogP contribution in [0.1, 0.15) is 0 Å². The van der Waals surface area contributed by atoms with Crippen LogP contribution in [-0.4, -0.2) is 9.38 Å². The predicted molar refractivity (Wildman–Crippen MR) is 62.9 cm³/mol. The number of nitrogen functional groups attached to an aromatic ring is 1. The summed E-state index contributed by atoms with van der Waals surface area (Å²) in [5.74, 6) is 0.569. The summed E-state index contributed by atoms with van der Waals surface area (Å²) < 4.78 is 2.02. The first kappa shape index (κ1) is 8.49. The van der Waals surface area contributed by atoms with Crippen molar-refractivity contribution >= 4 is 22.1 Å². The average Bonchev–Trinajstić information content (AvgIpc) is 2.77. The van der Waals surface area contributed by atoms with Crippen LogP contribution >= 0.6 is 11.3 Å². The molecule has 0 bridgehead atoms. The van der Waals surface area contributed by atoms with Crippen LogP contribution in [0.15, 0.2) is 41.9 Å². The van der Waals surface area contributed by atoms with Crippen molar-refractivity contribution in [2.75, 3.05) is 5.73 Å². The Morgan fingerprint density at radius 3 is 2.80 bits per heavy atom. The fourth-order valence-corrected chi connectivity index (χ4v) is 2.51. The third-order valence-electron chi connectivity index (χ3n) is 2.30. The van der Waals surface area contributed by atoms with Gasteiger partial charge in [-0.1, -0.05) is 30.3 Å². The highest BCUT2D eigenvalue weighted by molar-refractivity contribution is 7.15. The van der Waals surface area contributed by atoms with E-state index in [0.717, 1.165) is 10.7 Å². The molecule has 0 radical (unpaired) electrons. The fourth-order valence-electron chi connectivity index (χ4n) is 1.62. The zero-order valence-electron chi connectivity index (χ0n) is 7.92. The van der Waals surface area contributed by atoms with Crippen molar-refractivity contribution in [3.8, 4) is 11.3 Å². The van der Waals surface area contributed by atoms with Crippen molar-refractivity contribution in [2.45, 2.75) is 0 Å². The number of hydrogen-bond donors (Lipinski definition) is 1. The Kier molecular flexibility index (Phi) is 1.76. The van der Waals surface area contributed by atoms with E-state index in [2.05, 4.69) is 22.5 Å². The molecule has 15 heavy (non-hydrogen) atoms. The Bertz CT molecular complexity index is 595. The van der Waals surface area contributed by atoms with Crippen molar-refractivity contribution in [2.24, 2.45) is 0 Å². The molecule has 0 atom stereocenters. The number of aromatic nitrogens is 2. The van der Waals surface area contributed by atoms with Gasteiger partial charge in [0.1, 0.15) is 5.82 Å². The van der Waals surface area contributed by atoms with Crippen LogP contribution < -0.4 is 5.73 Å². The van der Waals surface area contributed by atoms with E-state index in [1.807, 2.05) is 28.8 Å². The standard InChI is InChI=1S/C11H9N3S/c12-10-6-14-9(7-15-11(14)13-10)8-4-2-1-3-5-8/h1-7H,12H2. The maximum Gasteiger partial charge on any atom is 0.196 e. The normalized spacial score (nSPS) is 10.9. The second-order valence-corrected chi connectivity index (χ2v) is 4.14. The predicted octanol–water partition coefficient (Wildman–Crippen LogP) is 2.65. The summed E-state index contributed by atoms with van der Waals surface area (Å²) in [5, 5.41) is 2.09. The van der Waals surface area contributed by atoms with Crippen LogP contribution in [0.2, 0.25) is 0 Å². The highest BCUT2D eigenvalue weighted by atomic mass is 32.1. The summed E-state index contributed by atoms with van der Waals surface area (Å²) >= 11 is 1.60. The molecule has 0 spiro atoms. The number of imidazole rings is 1. The zero-order valence-corrected chi connectivity index (χ0v) is 8.74. The second kappa shape index (κ2) is 3.10. The highest BCUT2D eigenvalue weighted by Crippen LogP contribution is 2.26. The van der Waals surface area contributed by atoms with E-state index in [4.69, 9.17) is 5.73 Å². The molecule has 0 aliphatic carbocycles. The minimum atomic E-state index is 0.569. The molecule has 0 saturated heterocycles. The summed E-state index contributed by atoms with van der Waals surface area (Å²) in [4.78, 5) is 5.16. The molecule has 3 nitrogen and oxygen atoms in total. The SMILES string of the molecule is Nc1cn2c(-c3ccccc3)csc2n1. The molecule has 0 amide bonds. The Morgan fingerprint density at radius 1 is 1.20 bits per heavy atom. The Labute approximate surface area is 90.8 Å². The molecule has 0 unspecified atom stereocenters. The van der Waals surface area contributed by atoms with Gasteiger partial charge in [0.05, 0.1) is 11.9 Å². The maximum absolute atomic E-state index is 5.66. The van der Waals surface area contributed by atoms with E-state index in [9.17, 15) is 0 Å². The number of rotatable bonds is 1. The molecular weight excluding hydrogens is 206 g/mol. The third-order valence-corrected chi connectivity index (χ3v) is 3.14. The van der Waals surface area contributed by atoms with Crippen molar-refractivity contribution in [3.63, 3.8) is 0 Å².